The minimum Gasteiger partial charge on any atom is -0.316 e. The summed E-state index contributed by atoms with van der Waals surface area (Å²) < 4.78 is 0. The van der Waals surface area contributed by atoms with E-state index in [2.05, 4.69) is 12.2 Å². The molecule has 0 bridgehead atoms. The molecule has 1 saturated carbocycles. The predicted molar refractivity (Wildman–Crippen MR) is 50.1 cm³/mol. The Hall–Kier alpha value is 0.250. The molecule has 0 radical (unpaired) electrons. The highest BCUT2D eigenvalue weighted by molar-refractivity contribution is 6.20. The van der Waals surface area contributed by atoms with Crippen molar-refractivity contribution in [2.24, 2.45) is 5.92 Å². The zero-order chi connectivity index (χ0) is 8.10. The van der Waals surface area contributed by atoms with Crippen LogP contribution in [0.1, 0.15) is 32.6 Å². The van der Waals surface area contributed by atoms with Gasteiger partial charge in [0.25, 0.3) is 0 Å². The molecule has 0 saturated heterocycles. The Balaban J connectivity index is 2.05. The van der Waals surface area contributed by atoms with E-state index in [1.807, 2.05) is 0 Å². The van der Waals surface area contributed by atoms with Gasteiger partial charge >= 0.3 is 0 Å². The number of rotatable bonds is 4. The number of hydrogen-bond donors (Lipinski definition) is 1. The van der Waals surface area contributed by atoms with Crippen LogP contribution in [0.5, 0.6) is 0 Å². The van der Waals surface area contributed by atoms with Gasteiger partial charge in [-0.2, -0.15) is 0 Å². The molecule has 2 heteroatoms. The van der Waals surface area contributed by atoms with Gasteiger partial charge in [0.2, 0.25) is 0 Å². The Labute approximate surface area is 74.5 Å². The lowest BCUT2D eigenvalue weighted by molar-refractivity contribution is 0.494. The van der Waals surface area contributed by atoms with Gasteiger partial charge in [0.15, 0.2) is 0 Å². The summed E-state index contributed by atoms with van der Waals surface area (Å²) in [7, 11) is 0. The van der Waals surface area contributed by atoms with Crippen LogP contribution >= 0.6 is 11.6 Å². The Morgan fingerprint density at radius 3 is 2.82 bits per heavy atom. The Morgan fingerprint density at radius 2 is 2.27 bits per heavy atom. The molecule has 1 nitrogen and oxygen atoms in total. The van der Waals surface area contributed by atoms with Crippen LogP contribution < -0.4 is 5.32 Å². The fourth-order valence-electron chi connectivity index (χ4n) is 1.69. The molecule has 1 fully saturated rings. The van der Waals surface area contributed by atoms with E-state index < -0.39 is 0 Å². The molecule has 0 amide bonds. The lowest BCUT2D eigenvalue weighted by Crippen LogP contribution is -2.26. The molecule has 1 rings (SSSR count). The molecule has 2 atom stereocenters. The van der Waals surface area contributed by atoms with E-state index in [0.717, 1.165) is 19.0 Å². The average Bonchev–Trinajstić information content (AvgIpc) is 2.37. The fourth-order valence-corrected chi connectivity index (χ4v) is 2.06. The minimum atomic E-state index is 0.444. The smallest absolute Gasteiger partial charge is 0.0376 e. The van der Waals surface area contributed by atoms with Crippen LogP contribution in [0.3, 0.4) is 0 Å². The zero-order valence-corrected chi connectivity index (χ0v) is 8.03. The molecule has 0 aromatic rings. The molecule has 11 heavy (non-hydrogen) atoms. The second-order valence-electron chi connectivity index (χ2n) is 3.41. The maximum absolute atomic E-state index is 6.12. The Kier molecular flexibility index (Phi) is 4.24. The summed E-state index contributed by atoms with van der Waals surface area (Å²) >= 11 is 6.12. The van der Waals surface area contributed by atoms with E-state index in [1.165, 1.54) is 25.7 Å². The Morgan fingerprint density at radius 1 is 1.45 bits per heavy atom. The molecule has 2 unspecified atom stereocenters. The number of alkyl halides is 1. The largest absolute Gasteiger partial charge is 0.316 e. The second-order valence-corrected chi connectivity index (χ2v) is 3.97. The zero-order valence-electron chi connectivity index (χ0n) is 7.28. The first-order valence-corrected chi connectivity index (χ1v) is 5.13. The molecule has 0 aromatic heterocycles. The summed E-state index contributed by atoms with van der Waals surface area (Å²) in [5.74, 6) is 0.739. The molecule has 0 aromatic carbocycles. The van der Waals surface area contributed by atoms with Crippen LogP contribution in [0.2, 0.25) is 0 Å². The maximum Gasteiger partial charge on any atom is 0.0376 e. The molecule has 0 spiro atoms. The molecule has 0 aliphatic heterocycles. The summed E-state index contributed by atoms with van der Waals surface area (Å²) in [6, 6.07) is 0. The molecular weight excluding hydrogens is 158 g/mol. The van der Waals surface area contributed by atoms with Gasteiger partial charge in [-0.25, -0.2) is 0 Å². The van der Waals surface area contributed by atoms with Crippen LogP contribution in [0.4, 0.5) is 0 Å². The van der Waals surface area contributed by atoms with Crippen molar-refractivity contribution in [3.63, 3.8) is 0 Å². The van der Waals surface area contributed by atoms with E-state index in [0.29, 0.717) is 5.38 Å². The normalized spacial score (nSPS) is 31.1. The summed E-state index contributed by atoms with van der Waals surface area (Å²) in [5, 5.41) is 3.87. The van der Waals surface area contributed by atoms with Gasteiger partial charge in [-0.15, -0.1) is 11.6 Å². The van der Waals surface area contributed by atoms with Crippen molar-refractivity contribution in [1.82, 2.24) is 5.32 Å². The molecule has 1 aliphatic carbocycles. The number of halogens is 1. The second kappa shape index (κ2) is 5.00. The Bertz CT molecular complexity index is 106. The first-order valence-electron chi connectivity index (χ1n) is 4.69. The monoisotopic (exact) mass is 175 g/mol. The van der Waals surface area contributed by atoms with E-state index in [9.17, 15) is 0 Å². The first-order chi connectivity index (χ1) is 5.34. The quantitative estimate of drug-likeness (QED) is 0.511. The maximum atomic E-state index is 6.12. The summed E-state index contributed by atoms with van der Waals surface area (Å²) in [4.78, 5) is 0. The minimum absolute atomic E-state index is 0.444. The lowest BCUT2D eigenvalue weighted by atomic mass is 10.1. The van der Waals surface area contributed by atoms with Gasteiger partial charge in [0.1, 0.15) is 0 Å². The lowest BCUT2D eigenvalue weighted by Gasteiger charge is -2.13. The molecular formula is C9H18ClN. The topological polar surface area (TPSA) is 12.0 Å². The van der Waals surface area contributed by atoms with Crippen LogP contribution in [0.25, 0.3) is 0 Å². The van der Waals surface area contributed by atoms with Crippen molar-refractivity contribution in [3.05, 3.63) is 0 Å². The van der Waals surface area contributed by atoms with Crippen LogP contribution in [0, 0.1) is 5.92 Å². The van der Waals surface area contributed by atoms with E-state index in [-0.39, 0.29) is 0 Å². The highest BCUT2D eigenvalue weighted by atomic mass is 35.5. The molecule has 1 N–H and O–H groups in total. The summed E-state index contributed by atoms with van der Waals surface area (Å²) in [6.45, 7) is 4.46. The van der Waals surface area contributed by atoms with Crippen molar-refractivity contribution in [2.75, 3.05) is 13.1 Å². The fraction of sp³-hybridized carbons (Fsp3) is 1.00. The van der Waals surface area contributed by atoms with Gasteiger partial charge in [0.05, 0.1) is 0 Å². The third-order valence-corrected chi connectivity index (χ3v) is 2.97. The highest BCUT2D eigenvalue weighted by Gasteiger charge is 2.24. The van der Waals surface area contributed by atoms with Crippen molar-refractivity contribution < 1.29 is 0 Å². The summed E-state index contributed by atoms with van der Waals surface area (Å²) in [6.07, 6.45) is 5.09. The molecule has 1 aliphatic rings. The average molecular weight is 176 g/mol. The van der Waals surface area contributed by atoms with Crippen molar-refractivity contribution >= 4 is 11.6 Å². The van der Waals surface area contributed by atoms with Crippen molar-refractivity contribution in [2.45, 2.75) is 38.0 Å². The third-order valence-electron chi connectivity index (χ3n) is 2.40. The van der Waals surface area contributed by atoms with Crippen LogP contribution in [-0.2, 0) is 0 Å². The number of hydrogen-bond acceptors (Lipinski definition) is 1. The van der Waals surface area contributed by atoms with E-state index in [4.69, 9.17) is 11.6 Å². The van der Waals surface area contributed by atoms with Gasteiger partial charge in [-0.3, -0.25) is 0 Å². The molecule has 66 valence electrons. The third kappa shape index (κ3) is 3.00. The van der Waals surface area contributed by atoms with Gasteiger partial charge in [0, 0.05) is 5.38 Å². The summed E-state index contributed by atoms with van der Waals surface area (Å²) in [5.41, 5.74) is 0. The standard InChI is InChI=1S/C9H18ClN/c1-2-6-11-7-8-4-3-5-9(8)10/h8-9,11H,2-7H2,1H3. The SMILES string of the molecule is CCCNCC1CCCC1Cl. The first kappa shape index (κ1) is 9.34. The van der Waals surface area contributed by atoms with Gasteiger partial charge in [-0.05, 0) is 38.3 Å². The van der Waals surface area contributed by atoms with Crippen LogP contribution in [-0.4, -0.2) is 18.5 Å². The van der Waals surface area contributed by atoms with Gasteiger partial charge < -0.3 is 5.32 Å². The predicted octanol–water partition coefficient (Wildman–Crippen LogP) is 2.39. The van der Waals surface area contributed by atoms with Crippen molar-refractivity contribution in [3.8, 4) is 0 Å². The van der Waals surface area contributed by atoms with Gasteiger partial charge in [-0.1, -0.05) is 13.3 Å². The van der Waals surface area contributed by atoms with Crippen molar-refractivity contribution in [1.29, 1.82) is 0 Å². The number of nitrogens with one attached hydrogen (secondary N) is 1. The highest BCUT2D eigenvalue weighted by Crippen LogP contribution is 2.29. The van der Waals surface area contributed by atoms with E-state index in [1.54, 1.807) is 0 Å². The van der Waals surface area contributed by atoms with Crippen LogP contribution in [0.15, 0.2) is 0 Å². The molecule has 0 heterocycles. The van der Waals surface area contributed by atoms with E-state index >= 15 is 0 Å².